The van der Waals surface area contributed by atoms with Gasteiger partial charge in [0.25, 0.3) is 0 Å². The molecular weight excluding hydrogens is 409 g/mol. The van der Waals surface area contributed by atoms with Gasteiger partial charge in [-0.3, -0.25) is 4.90 Å². The third-order valence-corrected chi connectivity index (χ3v) is 6.52. The highest BCUT2D eigenvalue weighted by Gasteiger charge is 2.32. The fourth-order valence-electron chi connectivity index (χ4n) is 3.81. The Labute approximate surface area is 184 Å². The van der Waals surface area contributed by atoms with Gasteiger partial charge >= 0.3 is 6.18 Å². The van der Waals surface area contributed by atoms with Crippen LogP contribution in [0.2, 0.25) is 0 Å². The maximum atomic E-state index is 13.4. The maximum absolute atomic E-state index is 13.4. The topological polar surface area (TPSA) is 26.7 Å². The molecule has 1 fully saturated rings. The van der Waals surface area contributed by atoms with Crippen LogP contribution in [0, 0.1) is 0 Å². The predicted octanol–water partition coefficient (Wildman–Crippen LogP) is 4.60. The second-order valence-corrected chi connectivity index (χ2v) is 8.35. The van der Waals surface area contributed by atoms with Gasteiger partial charge in [0.2, 0.25) is 0 Å². The van der Waals surface area contributed by atoms with Gasteiger partial charge in [-0.25, -0.2) is 0 Å². The minimum absolute atomic E-state index is 0.265. The lowest BCUT2D eigenvalue weighted by Crippen LogP contribution is -2.47. The van der Waals surface area contributed by atoms with Gasteiger partial charge in [-0.15, -0.1) is 0 Å². The van der Waals surface area contributed by atoms with E-state index < -0.39 is 24.8 Å². The quantitative estimate of drug-likeness (QED) is 0.630. The summed E-state index contributed by atoms with van der Waals surface area (Å²) in [4.78, 5) is 5.18. The highest BCUT2D eigenvalue weighted by Crippen LogP contribution is 2.47. The van der Waals surface area contributed by atoms with Crippen LogP contribution >= 0.6 is 11.8 Å². The number of aliphatic hydroxyl groups is 1. The first kappa shape index (κ1) is 16.8. The highest BCUT2D eigenvalue weighted by molar-refractivity contribution is 7.99. The molecule has 0 aromatic heterocycles. The zero-order valence-electron chi connectivity index (χ0n) is 20.2. The molecule has 0 spiro atoms. The second kappa shape index (κ2) is 9.14. The predicted molar refractivity (Wildman–Crippen MR) is 114 cm³/mol. The molecule has 2 aromatic rings. The smallest absolute Gasteiger partial charge is 0.395 e. The van der Waals surface area contributed by atoms with Crippen molar-refractivity contribution in [1.29, 1.82) is 0 Å². The van der Waals surface area contributed by atoms with Crippen molar-refractivity contribution in [3.05, 3.63) is 65.2 Å². The summed E-state index contributed by atoms with van der Waals surface area (Å²) < 4.78 is 70.5. The number of rotatable bonds is 5. The van der Waals surface area contributed by atoms with E-state index in [0.717, 1.165) is 27.0 Å². The average molecular weight is 439 g/mol. The van der Waals surface area contributed by atoms with Crippen molar-refractivity contribution >= 4 is 17.3 Å². The Kier molecular flexibility index (Phi) is 5.13. The van der Waals surface area contributed by atoms with Gasteiger partial charge in [-0.2, -0.15) is 13.2 Å². The summed E-state index contributed by atoms with van der Waals surface area (Å²) >= 11 is 1.46. The number of hydrogen-bond acceptors (Lipinski definition) is 4. The Morgan fingerprint density at radius 3 is 2.43 bits per heavy atom. The number of nitrogens with zero attached hydrogens (tertiary/aromatic N) is 2. The average Bonchev–Trinajstić information content (AvgIpc) is 2.77. The van der Waals surface area contributed by atoms with Crippen molar-refractivity contribution < 1.29 is 23.8 Å². The Morgan fingerprint density at radius 2 is 1.70 bits per heavy atom. The van der Waals surface area contributed by atoms with Crippen LogP contribution in [0.4, 0.5) is 13.2 Å². The van der Waals surface area contributed by atoms with Gasteiger partial charge in [-0.05, 0) is 47.4 Å². The fourth-order valence-corrected chi connectivity index (χ4v) is 4.90. The van der Waals surface area contributed by atoms with Crippen LogP contribution in [0.5, 0.6) is 0 Å². The second-order valence-electron chi connectivity index (χ2n) is 7.27. The molecule has 0 aliphatic carbocycles. The number of hydrogen-bond donors (Lipinski definition) is 1. The van der Waals surface area contributed by atoms with Crippen LogP contribution < -0.4 is 0 Å². The minimum atomic E-state index is -4.42. The van der Waals surface area contributed by atoms with Crippen LogP contribution in [0.3, 0.4) is 0 Å². The molecule has 30 heavy (non-hydrogen) atoms. The third kappa shape index (κ3) is 4.75. The van der Waals surface area contributed by atoms with E-state index in [-0.39, 0.29) is 13.1 Å². The van der Waals surface area contributed by atoms with Crippen LogP contribution in [0.1, 0.15) is 28.6 Å². The van der Waals surface area contributed by atoms with E-state index in [9.17, 15) is 18.3 Å². The monoisotopic (exact) mass is 438 g/mol. The first-order chi connectivity index (χ1) is 15.9. The maximum Gasteiger partial charge on any atom is 0.416 e. The number of β-amino-alcohol motifs (C(OH)–C–C–N with tert-alkyl or cyclic N) is 1. The number of benzene rings is 2. The largest absolute Gasteiger partial charge is 0.416 e. The van der Waals surface area contributed by atoms with Crippen molar-refractivity contribution in [3.63, 3.8) is 0 Å². The summed E-state index contributed by atoms with van der Waals surface area (Å²) in [5.74, 6) is 0. The Balaban J connectivity index is 1.50. The number of fused-ring (bicyclic) bond motifs is 2. The van der Waals surface area contributed by atoms with Gasteiger partial charge in [0, 0.05) is 51.8 Å². The van der Waals surface area contributed by atoms with E-state index in [4.69, 9.17) is 5.48 Å². The number of alkyl halides is 3. The molecule has 7 heteroatoms. The Hall–Kier alpha value is -1.80. The van der Waals surface area contributed by atoms with Crippen LogP contribution in [0.15, 0.2) is 58.3 Å². The van der Waals surface area contributed by atoms with Crippen LogP contribution in [0.25, 0.3) is 5.57 Å². The lowest BCUT2D eigenvalue weighted by Gasteiger charge is -2.34. The van der Waals surface area contributed by atoms with Crippen molar-refractivity contribution in [1.82, 2.24) is 9.80 Å². The van der Waals surface area contributed by atoms with Crippen LogP contribution in [-0.2, 0) is 6.18 Å². The summed E-state index contributed by atoms with van der Waals surface area (Å²) in [5.41, 5.74) is 1.58. The first-order valence-electron chi connectivity index (χ1n) is 11.8. The van der Waals surface area contributed by atoms with Gasteiger partial charge in [-0.1, -0.05) is 36.0 Å². The standard InChI is InChI=1S/C23H25F3N2OS/c24-23(25,26)17-7-8-22-20(16-17)18(19-4-1-2-6-21(19)30-22)5-3-9-27-10-12-28(13-11-27)14-15-29/h1-2,4-8,16,29H,3,9-15H2/i14D2,15D2. The molecule has 2 aromatic carbocycles. The van der Waals surface area contributed by atoms with E-state index >= 15 is 0 Å². The molecule has 0 amide bonds. The number of halogens is 3. The lowest BCUT2D eigenvalue weighted by atomic mass is 9.94. The molecule has 0 unspecified atom stereocenters. The summed E-state index contributed by atoms with van der Waals surface area (Å²) in [7, 11) is 0. The molecule has 1 saturated heterocycles. The van der Waals surface area contributed by atoms with E-state index in [1.165, 1.54) is 28.8 Å². The molecule has 0 radical (unpaired) electrons. The molecule has 2 aliphatic rings. The normalized spacial score (nSPS) is 21.9. The fraction of sp³-hybridized carbons (Fsp3) is 0.391. The van der Waals surface area contributed by atoms with Crippen molar-refractivity contribution in [2.75, 3.05) is 45.8 Å². The van der Waals surface area contributed by atoms with E-state index in [1.54, 1.807) is 0 Å². The van der Waals surface area contributed by atoms with Crippen molar-refractivity contribution in [3.8, 4) is 0 Å². The zero-order valence-corrected chi connectivity index (χ0v) is 17.1. The molecule has 0 atom stereocenters. The molecule has 3 nitrogen and oxygen atoms in total. The van der Waals surface area contributed by atoms with Gasteiger partial charge in [0.05, 0.1) is 14.9 Å². The lowest BCUT2D eigenvalue weighted by molar-refractivity contribution is -0.137. The van der Waals surface area contributed by atoms with Crippen molar-refractivity contribution in [2.45, 2.75) is 22.4 Å². The molecule has 160 valence electrons. The third-order valence-electron chi connectivity index (χ3n) is 5.37. The molecule has 1 N–H and O–H groups in total. The van der Waals surface area contributed by atoms with Gasteiger partial charge < -0.3 is 10.0 Å². The van der Waals surface area contributed by atoms with E-state index in [2.05, 4.69) is 4.90 Å². The molecule has 0 saturated carbocycles. The summed E-state index contributed by atoms with van der Waals surface area (Å²) in [6, 6.07) is 11.5. The molecule has 2 aliphatic heterocycles. The van der Waals surface area contributed by atoms with Gasteiger partial charge in [0.1, 0.15) is 0 Å². The summed E-state index contributed by atoms with van der Waals surface area (Å²) in [6.07, 6.45) is -1.86. The SMILES string of the molecule is [2H]C([2H])(O)C([2H])([2H])N1CCN(CCC=C2c3ccccc3Sc3ccc(C(F)(F)F)cc32)CC1. The van der Waals surface area contributed by atoms with Crippen LogP contribution in [-0.4, -0.2) is 60.7 Å². The Bertz CT molecular complexity index is 1080. The highest BCUT2D eigenvalue weighted by atomic mass is 32.2. The molecule has 2 heterocycles. The Morgan fingerprint density at radius 1 is 1.00 bits per heavy atom. The molecular formula is C23H25F3N2OS. The van der Waals surface area contributed by atoms with Crippen molar-refractivity contribution in [2.24, 2.45) is 0 Å². The van der Waals surface area contributed by atoms with E-state index in [1.807, 2.05) is 30.3 Å². The minimum Gasteiger partial charge on any atom is -0.395 e. The summed E-state index contributed by atoms with van der Waals surface area (Å²) in [6.45, 7) is -3.28. The number of piperazine rings is 1. The summed E-state index contributed by atoms with van der Waals surface area (Å²) in [5, 5.41) is 9.50. The first-order valence-corrected chi connectivity index (χ1v) is 10.6. The molecule has 4 rings (SSSR count). The zero-order chi connectivity index (χ0) is 24.7. The molecule has 0 bridgehead atoms. The van der Waals surface area contributed by atoms with Gasteiger partial charge in [0.15, 0.2) is 0 Å². The van der Waals surface area contributed by atoms with E-state index in [0.29, 0.717) is 31.6 Å².